The molecular formula is C28H23N3O6S. The van der Waals surface area contributed by atoms with Gasteiger partial charge in [0.2, 0.25) is 5.91 Å². The van der Waals surface area contributed by atoms with Crippen molar-refractivity contribution in [2.45, 2.75) is 25.2 Å². The number of carbonyl (C=O) groups is 3. The van der Waals surface area contributed by atoms with E-state index in [1.807, 2.05) is 41.1 Å². The molecule has 0 spiro atoms. The SMILES string of the molecule is CC(=O)NS(=O)(=O)c1ccc(-c2ccc(C=C3C(=O)N(CCc4ccccc4)C(=O)C(C#N)=C3C)o2)cc1. The second-order valence-electron chi connectivity index (χ2n) is 8.56. The number of amides is 3. The first-order valence-electron chi connectivity index (χ1n) is 11.6. The molecule has 0 saturated heterocycles. The van der Waals surface area contributed by atoms with Gasteiger partial charge in [-0.15, -0.1) is 0 Å². The Labute approximate surface area is 219 Å². The van der Waals surface area contributed by atoms with Crippen LogP contribution in [0.2, 0.25) is 0 Å². The summed E-state index contributed by atoms with van der Waals surface area (Å²) in [5, 5.41) is 9.60. The number of rotatable bonds is 7. The summed E-state index contributed by atoms with van der Waals surface area (Å²) in [6.07, 6.45) is 1.93. The highest BCUT2D eigenvalue weighted by molar-refractivity contribution is 7.90. The Morgan fingerprint density at radius 3 is 2.34 bits per heavy atom. The number of carbonyl (C=O) groups excluding carboxylic acids is 3. The molecule has 4 rings (SSSR count). The summed E-state index contributed by atoms with van der Waals surface area (Å²) in [6.45, 7) is 2.78. The standard InChI is InChI=1S/C28H23N3O6S/c1-18-24(27(33)31(28(34)25(18)17-29)15-14-20-6-4-3-5-7-20)16-22-10-13-26(37-22)21-8-11-23(12-9-21)38(35,36)30-19(2)32/h3-13,16H,14-15H2,1-2H3,(H,30,32). The predicted molar refractivity (Wildman–Crippen MR) is 138 cm³/mol. The molecule has 0 aliphatic carbocycles. The van der Waals surface area contributed by atoms with Crippen LogP contribution < -0.4 is 4.72 Å². The van der Waals surface area contributed by atoms with Gasteiger partial charge in [0.15, 0.2) is 0 Å². The fraction of sp³-hybridized carbons (Fsp3) is 0.143. The van der Waals surface area contributed by atoms with E-state index in [-0.39, 0.29) is 28.2 Å². The average Bonchev–Trinajstić information content (AvgIpc) is 3.35. The van der Waals surface area contributed by atoms with E-state index in [1.54, 1.807) is 19.1 Å². The average molecular weight is 530 g/mol. The summed E-state index contributed by atoms with van der Waals surface area (Å²) in [4.78, 5) is 38.3. The Morgan fingerprint density at radius 2 is 1.71 bits per heavy atom. The topological polar surface area (TPSA) is 138 Å². The second kappa shape index (κ2) is 10.7. The lowest BCUT2D eigenvalue weighted by Gasteiger charge is -2.27. The molecule has 2 aromatic carbocycles. The molecule has 0 unspecified atom stereocenters. The number of nitrogens with one attached hydrogen (secondary N) is 1. The monoisotopic (exact) mass is 529 g/mol. The van der Waals surface area contributed by atoms with Crippen LogP contribution in [0.25, 0.3) is 17.4 Å². The molecule has 1 aliphatic rings. The lowest BCUT2D eigenvalue weighted by atomic mass is 9.94. The quantitative estimate of drug-likeness (QED) is 0.365. The number of nitrogens with zero attached hydrogens (tertiary/aromatic N) is 2. The number of furan rings is 1. The zero-order valence-corrected chi connectivity index (χ0v) is 21.4. The normalized spacial score (nSPS) is 15.1. The van der Waals surface area contributed by atoms with Crippen LogP contribution in [0.3, 0.4) is 0 Å². The fourth-order valence-corrected chi connectivity index (χ4v) is 4.98. The lowest BCUT2D eigenvalue weighted by molar-refractivity contribution is -0.140. The van der Waals surface area contributed by atoms with Crippen LogP contribution >= 0.6 is 0 Å². The van der Waals surface area contributed by atoms with Crippen LogP contribution in [0.1, 0.15) is 25.2 Å². The Kier molecular flexibility index (Phi) is 7.41. The zero-order valence-electron chi connectivity index (χ0n) is 20.6. The van der Waals surface area contributed by atoms with E-state index in [0.717, 1.165) is 17.4 Å². The van der Waals surface area contributed by atoms with Gasteiger partial charge in [-0.1, -0.05) is 30.3 Å². The summed E-state index contributed by atoms with van der Waals surface area (Å²) >= 11 is 0. The highest BCUT2D eigenvalue weighted by atomic mass is 32.2. The minimum absolute atomic E-state index is 0.0804. The van der Waals surface area contributed by atoms with Crippen molar-refractivity contribution < 1.29 is 27.2 Å². The van der Waals surface area contributed by atoms with Crippen LogP contribution in [-0.2, 0) is 30.8 Å². The third kappa shape index (κ3) is 5.48. The molecule has 2 heterocycles. The first kappa shape index (κ1) is 26.3. The van der Waals surface area contributed by atoms with Crippen molar-refractivity contribution in [3.05, 3.63) is 94.8 Å². The molecule has 0 atom stereocenters. The largest absolute Gasteiger partial charge is 0.457 e. The van der Waals surface area contributed by atoms with E-state index < -0.39 is 27.7 Å². The Morgan fingerprint density at radius 1 is 1.03 bits per heavy atom. The predicted octanol–water partition coefficient (Wildman–Crippen LogP) is 3.61. The maximum absolute atomic E-state index is 13.3. The third-order valence-electron chi connectivity index (χ3n) is 5.93. The molecule has 3 aromatic rings. The highest BCUT2D eigenvalue weighted by Crippen LogP contribution is 2.30. The van der Waals surface area contributed by atoms with E-state index in [4.69, 9.17) is 4.42 Å². The van der Waals surface area contributed by atoms with Crippen LogP contribution in [0, 0.1) is 11.3 Å². The van der Waals surface area contributed by atoms with Gasteiger partial charge in [-0.3, -0.25) is 19.3 Å². The lowest BCUT2D eigenvalue weighted by Crippen LogP contribution is -2.43. The number of sulfonamides is 1. The number of imide groups is 1. The molecule has 0 bridgehead atoms. The van der Waals surface area contributed by atoms with Gasteiger partial charge in [-0.2, -0.15) is 5.26 Å². The molecule has 0 fully saturated rings. The van der Waals surface area contributed by atoms with Gasteiger partial charge in [0.1, 0.15) is 23.2 Å². The van der Waals surface area contributed by atoms with E-state index in [0.29, 0.717) is 23.5 Å². The summed E-state index contributed by atoms with van der Waals surface area (Å²) in [6, 6.07) is 20.3. The summed E-state index contributed by atoms with van der Waals surface area (Å²) < 4.78 is 32.1. The summed E-state index contributed by atoms with van der Waals surface area (Å²) in [5.74, 6) is -1.13. The van der Waals surface area contributed by atoms with Gasteiger partial charge in [0.05, 0.1) is 4.90 Å². The number of hydrogen-bond donors (Lipinski definition) is 1. The maximum Gasteiger partial charge on any atom is 0.271 e. The molecule has 1 aliphatic heterocycles. The Balaban J connectivity index is 1.60. The third-order valence-corrected chi connectivity index (χ3v) is 7.38. The van der Waals surface area contributed by atoms with Crippen molar-refractivity contribution in [3.8, 4) is 17.4 Å². The minimum Gasteiger partial charge on any atom is -0.457 e. The Hall–Kier alpha value is -4.75. The van der Waals surface area contributed by atoms with Crippen molar-refractivity contribution in [2.24, 2.45) is 0 Å². The first-order valence-corrected chi connectivity index (χ1v) is 13.1. The maximum atomic E-state index is 13.3. The van der Waals surface area contributed by atoms with Crippen LogP contribution in [0.15, 0.2) is 92.8 Å². The molecule has 1 aromatic heterocycles. The summed E-state index contributed by atoms with van der Waals surface area (Å²) in [5.41, 5.74) is 1.86. The molecule has 0 radical (unpaired) electrons. The second-order valence-corrected chi connectivity index (χ2v) is 10.2. The highest BCUT2D eigenvalue weighted by Gasteiger charge is 2.35. The molecule has 1 N–H and O–H groups in total. The van der Waals surface area contributed by atoms with Crippen molar-refractivity contribution >= 4 is 33.8 Å². The van der Waals surface area contributed by atoms with E-state index in [1.165, 1.54) is 30.3 Å². The first-order chi connectivity index (χ1) is 18.1. The van der Waals surface area contributed by atoms with Gasteiger partial charge in [0.25, 0.3) is 21.8 Å². The van der Waals surface area contributed by atoms with E-state index >= 15 is 0 Å². The van der Waals surface area contributed by atoms with Crippen LogP contribution in [0.5, 0.6) is 0 Å². The van der Waals surface area contributed by atoms with Gasteiger partial charge in [-0.25, -0.2) is 13.1 Å². The van der Waals surface area contributed by atoms with E-state index in [2.05, 4.69) is 0 Å². The smallest absolute Gasteiger partial charge is 0.271 e. The molecule has 10 heteroatoms. The molecule has 0 saturated carbocycles. The zero-order chi connectivity index (χ0) is 27.4. The molecule has 3 amide bonds. The number of hydrogen-bond acceptors (Lipinski definition) is 7. The minimum atomic E-state index is -3.97. The van der Waals surface area contributed by atoms with Crippen LogP contribution in [-0.4, -0.2) is 37.6 Å². The fourth-order valence-electron chi connectivity index (χ4n) is 3.99. The van der Waals surface area contributed by atoms with E-state index in [9.17, 15) is 28.1 Å². The van der Waals surface area contributed by atoms with Crippen LogP contribution in [0.4, 0.5) is 0 Å². The van der Waals surface area contributed by atoms with Gasteiger partial charge in [0, 0.05) is 24.6 Å². The van der Waals surface area contributed by atoms with Gasteiger partial charge >= 0.3 is 0 Å². The molecule has 9 nitrogen and oxygen atoms in total. The number of nitriles is 1. The molecular weight excluding hydrogens is 506 g/mol. The molecule has 38 heavy (non-hydrogen) atoms. The summed E-state index contributed by atoms with van der Waals surface area (Å²) in [7, 11) is -3.97. The Bertz CT molecular complexity index is 1630. The van der Waals surface area contributed by atoms with Gasteiger partial charge < -0.3 is 4.42 Å². The molecule has 192 valence electrons. The van der Waals surface area contributed by atoms with Crippen molar-refractivity contribution in [1.29, 1.82) is 5.26 Å². The van der Waals surface area contributed by atoms with Gasteiger partial charge in [-0.05, 0) is 67.0 Å². The van der Waals surface area contributed by atoms with Crippen molar-refractivity contribution in [1.82, 2.24) is 9.62 Å². The number of benzene rings is 2. The van der Waals surface area contributed by atoms with Crippen molar-refractivity contribution in [2.75, 3.05) is 6.54 Å². The van der Waals surface area contributed by atoms with Crippen molar-refractivity contribution in [3.63, 3.8) is 0 Å².